The number of methoxy groups -OCH3 is 1. The molecule has 1 N–H and O–H groups in total. The number of nitrogens with zero attached hydrogens (tertiary/aromatic N) is 1. The van der Waals surface area contributed by atoms with Gasteiger partial charge < -0.3 is 14.5 Å². The average Bonchev–Trinajstić information content (AvgIpc) is 3.24. The van der Waals surface area contributed by atoms with Gasteiger partial charge >= 0.3 is 0 Å². The van der Waals surface area contributed by atoms with Gasteiger partial charge in [0.2, 0.25) is 26.6 Å². The summed E-state index contributed by atoms with van der Waals surface area (Å²) in [4.78, 5) is 4.48. The lowest BCUT2D eigenvalue weighted by molar-refractivity contribution is 0.414. The summed E-state index contributed by atoms with van der Waals surface area (Å²) < 4.78 is 37.7. The van der Waals surface area contributed by atoms with Crippen LogP contribution in [0, 0.1) is 6.92 Å². The summed E-state index contributed by atoms with van der Waals surface area (Å²) in [5.41, 5.74) is 2.77. The van der Waals surface area contributed by atoms with Crippen molar-refractivity contribution in [3.05, 3.63) is 90.0 Å². The molecule has 0 atom stereocenters. The molecule has 0 radical (unpaired) electrons. The van der Waals surface area contributed by atoms with E-state index in [-0.39, 0.29) is 21.7 Å². The second kappa shape index (κ2) is 8.65. The Balaban J connectivity index is 1.75. The molecule has 0 aliphatic heterocycles. The number of nitrogens with one attached hydrogen (secondary N) is 1. The van der Waals surface area contributed by atoms with Crippen LogP contribution in [0.3, 0.4) is 0 Å². The highest BCUT2D eigenvalue weighted by atomic mass is 32.2. The topological polar surface area (TPSA) is 81.4 Å². The predicted molar refractivity (Wildman–Crippen MR) is 119 cm³/mol. The van der Waals surface area contributed by atoms with Crippen LogP contribution in [0.2, 0.25) is 0 Å². The second-order valence-electron chi connectivity index (χ2n) is 7.04. The van der Waals surface area contributed by atoms with Crippen LogP contribution in [0.25, 0.3) is 11.5 Å². The number of oxazole rings is 1. The number of aromatic nitrogens is 1. The summed E-state index contributed by atoms with van der Waals surface area (Å²) >= 11 is 0. The van der Waals surface area contributed by atoms with Gasteiger partial charge in [0.15, 0.2) is 0 Å². The quantitative estimate of drug-likeness (QED) is 0.436. The molecule has 0 saturated heterocycles. The molecular formula is C24H22N2O4S. The smallest absolute Gasteiger partial charge is 0.234 e. The van der Waals surface area contributed by atoms with Gasteiger partial charge in [-0.05, 0) is 48.9 Å². The molecule has 0 unspecified atom stereocenters. The fraction of sp³-hybridized carbons (Fsp3) is 0.125. The maximum absolute atomic E-state index is 13.4. The van der Waals surface area contributed by atoms with Crippen LogP contribution in [0.4, 0.5) is 5.88 Å². The second-order valence-corrected chi connectivity index (χ2v) is 8.90. The number of aryl methyl sites for hydroxylation is 1. The van der Waals surface area contributed by atoms with E-state index in [0.29, 0.717) is 17.9 Å². The molecule has 0 saturated carbocycles. The molecule has 158 valence electrons. The molecule has 0 bridgehead atoms. The van der Waals surface area contributed by atoms with Crippen molar-refractivity contribution in [2.45, 2.75) is 23.4 Å². The third-order valence-corrected chi connectivity index (χ3v) is 6.49. The first-order chi connectivity index (χ1) is 15.0. The first-order valence-corrected chi connectivity index (χ1v) is 11.2. The van der Waals surface area contributed by atoms with E-state index in [4.69, 9.17) is 9.15 Å². The van der Waals surface area contributed by atoms with E-state index < -0.39 is 9.84 Å². The third-order valence-electron chi connectivity index (χ3n) is 4.81. The molecular weight excluding hydrogens is 412 g/mol. The zero-order chi connectivity index (χ0) is 21.8. The largest absolute Gasteiger partial charge is 0.497 e. The van der Waals surface area contributed by atoms with Crippen molar-refractivity contribution in [3.63, 3.8) is 0 Å². The van der Waals surface area contributed by atoms with E-state index in [1.165, 1.54) is 19.2 Å². The Morgan fingerprint density at radius 3 is 2.26 bits per heavy atom. The molecule has 0 aliphatic carbocycles. The lowest BCUT2D eigenvalue weighted by Gasteiger charge is -2.07. The number of sulfone groups is 1. The predicted octanol–water partition coefficient (Wildman–Crippen LogP) is 5.10. The van der Waals surface area contributed by atoms with Gasteiger partial charge in [0, 0.05) is 12.1 Å². The number of anilines is 1. The average molecular weight is 435 g/mol. The SMILES string of the molecule is COc1ccc(S(=O)(=O)c2nc(-c3ccc(C)cc3)oc2NCc2ccccc2)cc1. The maximum atomic E-state index is 13.4. The minimum atomic E-state index is -3.92. The highest BCUT2D eigenvalue weighted by molar-refractivity contribution is 7.91. The monoisotopic (exact) mass is 434 g/mol. The molecule has 0 aliphatic rings. The van der Waals surface area contributed by atoms with Crippen LogP contribution in [0.1, 0.15) is 11.1 Å². The van der Waals surface area contributed by atoms with Crippen LogP contribution in [0.15, 0.2) is 93.2 Å². The maximum Gasteiger partial charge on any atom is 0.234 e. The Labute approximate surface area is 181 Å². The zero-order valence-electron chi connectivity index (χ0n) is 17.2. The fourth-order valence-corrected chi connectivity index (χ4v) is 4.34. The van der Waals surface area contributed by atoms with Gasteiger partial charge in [0.05, 0.1) is 12.0 Å². The van der Waals surface area contributed by atoms with E-state index in [2.05, 4.69) is 10.3 Å². The zero-order valence-corrected chi connectivity index (χ0v) is 18.0. The molecule has 4 aromatic rings. The Morgan fingerprint density at radius 2 is 1.61 bits per heavy atom. The van der Waals surface area contributed by atoms with Crippen molar-refractivity contribution in [1.82, 2.24) is 4.98 Å². The van der Waals surface area contributed by atoms with Crippen molar-refractivity contribution < 1.29 is 17.6 Å². The molecule has 6 nitrogen and oxygen atoms in total. The van der Waals surface area contributed by atoms with Crippen LogP contribution < -0.4 is 10.1 Å². The Morgan fingerprint density at radius 1 is 0.935 bits per heavy atom. The van der Waals surface area contributed by atoms with Gasteiger partial charge in [-0.2, -0.15) is 4.98 Å². The van der Waals surface area contributed by atoms with Gasteiger partial charge in [-0.1, -0.05) is 48.0 Å². The highest BCUT2D eigenvalue weighted by Gasteiger charge is 2.28. The van der Waals surface area contributed by atoms with Gasteiger partial charge in [-0.3, -0.25) is 0 Å². The normalized spacial score (nSPS) is 11.3. The summed E-state index contributed by atoms with van der Waals surface area (Å²) in [7, 11) is -2.39. The first kappa shape index (κ1) is 20.7. The summed E-state index contributed by atoms with van der Waals surface area (Å²) in [6.07, 6.45) is 0. The number of ether oxygens (including phenoxy) is 1. The van der Waals surface area contributed by atoms with Crippen LogP contribution >= 0.6 is 0 Å². The lowest BCUT2D eigenvalue weighted by Crippen LogP contribution is -2.07. The summed E-state index contributed by atoms with van der Waals surface area (Å²) in [5, 5.41) is 2.95. The highest BCUT2D eigenvalue weighted by Crippen LogP contribution is 2.33. The molecule has 31 heavy (non-hydrogen) atoms. The molecule has 3 aromatic carbocycles. The Hall–Kier alpha value is -3.58. The minimum Gasteiger partial charge on any atom is -0.497 e. The third kappa shape index (κ3) is 4.46. The minimum absolute atomic E-state index is 0.107. The van der Waals surface area contributed by atoms with Crippen molar-refractivity contribution in [3.8, 4) is 17.2 Å². The Bertz CT molecular complexity index is 1260. The van der Waals surface area contributed by atoms with Crippen molar-refractivity contribution in [2.24, 2.45) is 0 Å². The van der Waals surface area contributed by atoms with E-state index in [1.807, 2.05) is 61.5 Å². The summed E-state index contributed by atoms with van der Waals surface area (Å²) in [6.45, 7) is 2.38. The van der Waals surface area contributed by atoms with E-state index in [0.717, 1.165) is 11.1 Å². The van der Waals surface area contributed by atoms with E-state index >= 15 is 0 Å². The summed E-state index contributed by atoms with van der Waals surface area (Å²) in [6, 6.07) is 23.4. The number of hydrogen-bond acceptors (Lipinski definition) is 6. The fourth-order valence-electron chi connectivity index (χ4n) is 3.06. The molecule has 0 amide bonds. The molecule has 1 heterocycles. The molecule has 7 heteroatoms. The van der Waals surface area contributed by atoms with E-state index in [1.54, 1.807) is 12.1 Å². The molecule has 1 aromatic heterocycles. The lowest BCUT2D eigenvalue weighted by atomic mass is 10.1. The summed E-state index contributed by atoms with van der Waals surface area (Å²) in [5.74, 6) is 0.916. The number of hydrogen-bond donors (Lipinski definition) is 1. The van der Waals surface area contributed by atoms with Gasteiger partial charge in [0.1, 0.15) is 5.75 Å². The number of benzene rings is 3. The van der Waals surface area contributed by atoms with Crippen LogP contribution in [-0.4, -0.2) is 20.5 Å². The van der Waals surface area contributed by atoms with Crippen LogP contribution in [0.5, 0.6) is 5.75 Å². The molecule has 0 spiro atoms. The van der Waals surface area contributed by atoms with Gasteiger partial charge in [-0.15, -0.1) is 0 Å². The van der Waals surface area contributed by atoms with Crippen molar-refractivity contribution >= 4 is 15.7 Å². The Kier molecular flexibility index (Phi) is 5.77. The molecule has 4 rings (SSSR count). The number of rotatable bonds is 7. The van der Waals surface area contributed by atoms with Crippen LogP contribution in [-0.2, 0) is 16.4 Å². The standard InChI is InChI=1S/C24H22N2O4S/c1-17-8-10-19(11-9-17)22-26-24(23(30-22)25-16-18-6-4-3-5-7-18)31(27,28)21-14-12-20(29-2)13-15-21/h3-15,25H,16H2,1-2H3. The van der Waals surface area contributed by atoms with Crippen molar-refractivity contribution in [1.29, 1.82) is 0 Å². The van der Waals surface area contributed by atoms with Gasteiger partial charge in [0.25, 0.3) is 0 Å². The molecule has 0 fully saturated rings. The van der Waals surface area contributed by atoms with Gasteiger partial charge in [-0.25, -0.2) is 8.42 Å². The van der Waals surface area contributed by atoms with Crippen molar-refractivity contribution in [2.75, 3.05) is 12.4 Å². The van der Waals surface area contributed by atoms with E-state index in [9.17, 15) is 8.42 Å². The first-order valence-electron chi connectivity index (χ1n) is 9.72.